The lowest BCUT2D eigenvalue weighted by Gasteiger charge is -2.18. The van der Waals surface area contributed by atoms with Gasteiger partial charge in [0.2, 0.25) is 5.91 Å². The Hall–Kier alpha value is -1.84. The standard InChI is InChI=1S/C13H17NO3/c1-3-13(16)17-9-12(14-10(2)15)11-7-5-4-6-8-11/h4-8,12H,3,9H2,1-2H3,(H,14,15). The van der Waals surface area contributed by atoms with E-state index in [1.807, 2.05) is 30.3 Å². The maximum atomic E-state index is 11.1. The molecule has 4 heteroatoms. The molecule has 0 aromatic heterocycles. The Morgan fingerprint density at radius 1 is 1.29 bits per heavy atom. The molecule has 0 saturated heterocycles. The highest BCUT2D eigenvalue weighted by Gasteiger charge is 2.14. The summed E-state index contributed by atoms with van der Waals surface area (Å²) in [6.07, 6.45) is 0.335. The van der Waals surface area contributed by atoms with E-state index in [0.29, 0.717) is 6.42 Å². The number of carbonyl (C=O) groups excluding carboxylic acids is 2. The number of ether oxygens (including phenoxy) is 1. The molecule has 92 valence electrons. The fraction of sp³-hybridized carbons (Fsp3) is 0.385. The Balaban J connectivity index is 2.67. The maximum Gasteiger partial charge on any atom is 0.305 e. The van der Waals surface area contributed by atoms with Gasteiger partial charge in [0, 0.05) is 13.3 Å². The van der Waals surface area contributed by atoms with Crippen molar-refractivity contribution >= 4 is 11.9 Å². The Bertz CT molecular complexity index is 376. The van der Waals surface area contributed by atoms with Crippen molar-refractivity contribution in [1.82, 2.24) is 5.32 Å². The Labute approximate surface area is 101 Å². The van der Waals surface area contributed by atoms with Crippen LogP contribution in [0.15, 0.2) is 30.3 Å². The van der Waals surface area contributed by atoms with E-state index >= 15 is 0 Å². The molecule has 1 aromatic carbocycles. The molecule has 0 aliphatic heterocycles. The van der Waals surface area contributed by atoms with Crippen molar-refractivity contribution in [3.05, 3.63) is 35.9 Å². The molecule has 1 atom stereocenters. The van der Waals surface area contributed by atoms with Gasteiger partial charge in [0.1, 0.15) is 6.61 Å². The van der Waals surface area contributed by atoms with Crippen molar-refractivity contribution < 1.29 is 14.3 Å². The van der Waals surface area contributed by atoms with Crippen LogP contribution >= 0.6 is 0 Å². The number of nitrogens with one attached hydrogen (secondary N) is 1. The zero-order valence-corrected chi connectivity index (χ0v) is 10.1. The topological polar surface area (TPSA) is 55.4 Å². The molecular formula is C13H17NO3. The van der Waals surface area contributed by atoms with Crippen LogP contribution in [-0.4, -0.2) is 18.5 Å². The summed E-state index contributed by atoms with van der Waals surface area (Å²) in [7, 11) is 0. The molecule has 0 aliphatic rings. The van der Waals surface area contributed by atoms with Gasteiger partial charge >= 0.3 is 5.97 Å². The molecule has 0 bridgehead atoms. The van der Waals surface area contributed by atoms with Gasteiger partial charge in [0.05, 0.1) is 6.04 Å². The summed E-state index contributed by atoms with van der Waals surface area (Å²) in [6, 6.07) is 9.15. The predicted molar refractivity (Wildman–Crippen MR) is 64.2 cm³/mol. The molecule has 1 rings (SSSR count). The van der Waals surface area contributed by atoms with Crippen LogP contribution < -0.4 is 5.32 Å². The minimum atomic E-state index is -0.288. The first kappa shape index (κ1) is 13.2. The molecule has 1 N–H and O–H groups in total. The minimum Gasteiger partial charge on any atom is -0.463 e. The number of amides is 1. The van der Waals surface area contributed by atoms with Gasteiger partial charge in [0.15, 0.2) is 0 Å². The summed E-state index contributed by atoms with van der Waals surface area (Å²) in [5, 5.41) is 2.76. The fourth-order valence-electron chi connectivity index (χ4n) is 1.43. The molecular weight excluding hydrogens is 218 g/mol. The number of hydrogen-bond donors (Lipinski definition) is 1. The second kappa shape index (κ2) is 6.68. The molecule has 1 aromatic rings. The van der Waals surface area contributed by atoms with Gasteiger partial charge in [-0.1, -0.05) is 37.3 Å². The monoisotopic (exact) mass is 235 g/mol. The molecule has 4 nitrogen and oxygen atoms in total. The summed E-state index contributed by atoms with van der Waals surface area (Å²) in [5.41, 5.74) is 0.923. The van der Waals surface area contributed by atoms with Crippen LogP contribution in [0.25, 0.3) is 0 Å². The molecule has 0 fully saturated rings. The van der Waals surface area contributed by atoms with Crippen molar-refractivity contribution in [1.29, 1.82) is 0 Å². The van der Waals surface area contributed by atoms with Gasteiger partial charge in [-0.15, -0.1) is 0 Å². The third-order valence-electron chi connectivity index (χ3n) is 2.28. The van der Waals surface area contributed by atoms with Crippen LogP contribution in [0, 0.1) is 0 Å². The van der Waals surface area contributed by atoms with Crippen LogP contribution in [-0.2, 0) is 14.3 Å². The van der Waals surface area contributed by atoms with Crippen LogP contribution in [0.3, 0.4) is 0 Å². The summed E-state index contributed by atoms with van der Waals surface area (Å²) < 4.78 is 5.05. The lowest BCUT2D eigenvalue weighted by atomic mass is 10.1. The largest absolute Gasteiger partial charge is 0.463 e. The highest BCUT2D eigenvalue weighted by molar-refractivity contribution is 5.73. The molecule has 0 aliphatic carbocycles. The number of hydrogen-bond acceptors (Lipinski definition) is 3. The average molecular weight is 235 g/mol. The first-order chi connectivity index (χ1) is 8.13. The van der Waals surface area contributed by atoms with Gasteiger partial charge in [-0.2, -0.15) is 0 Å². The first-order valence-corrected chi connectivity index (χ1v) is 5.61. The van der Waals surface area contributed by atoms with E-state index in [-0.39, 0.29) is 24.5 Å². The number of benzene rings is 1. The number of rotatable bonds is 5. The number of esters is 1. The summed E-state index contributed by atoms with van der Waals surface area (Å²) in [6.45, 7) is 3.34. The Kier molecular flexibility index (Phi) is 5.20. The van der Waals surface area contributed by atoms with Crippen molar-refractivity contribution in [2.24, 2.45) is 0 Å². The molecule has 17 heavy (non-hydrogen) atoms. The lowest BCUT2D eigenvalue weighted by Crippen LogP contribution is -2.30. The Morgan fingerprint density at radius 2 is 1.94 bits per heavy atom. The summed E-state index contributed by atoms with van der Waals surface area (Å²) in [4.78, 5) is 22.2. The SMILES string of the molecule is CCC(=O)OCC(NC(C)=O)c1ccccc1. The maximum absolute atomic E-state index is 11.1. The third kappa shape index (κ3) is 4.68. The first-order valence-electron chi connectivity index (χ1n) is 5.61. The molecule has 0 spiro atoms. The minimum absolute atomic E-state index is 0.147. The van der Waals surface area contributed by atoms with Gasteiger partial charge < -0.3 is 10.1 Å². The Morgan fingerprint density at radius 3 is 2.47 bits per heavy atom. The third-order valence-corrected chi connectivity index (χ3v) is 2.28. The van der Waals surface area contributed by atoms with E-state index in [1.165, 1.54) is 6.92 Å². The van der Waals surface area contributed by atoms with Crippen LogP contribution in [0.2, 0.25) is 0 Å². The van der Waals surface area contributed by atoms with Crippen LogP contribution in [0.1, 0.15) is 31.9 Å². The average Bonchev–Trinajstić information content (AvgIpc) is 2.34. The van der Waals surface area contributed by atoms with Crippen molar-refractivity contribution in [2.45, 2.75) is 26.3 Å². The summed E-state index contributed by atoms with van der Waals surface area (Å²) in [5.74, 6) is -0.414. The van der Waals surface area contributed by atoms with Crippen molar-refractivity contribution in [3.8, 4) is 0 Å². The molecule has 0 radical (unpaired) electrons. The lowest BCUT2D eigenvalue weighted by molar-refractivity contribution is -0.144. The molecule has 0 saturated carbocycles. The normalized spacial score (nSPS) is 11.6. The van der Waals surface area contributed by atoms with E-state index in [0.717, 1.165) is 5.56 Å². The van der Waals surface area contributed by atoms with E-state index in [9.17, 15) is 9.59 Å². The second-order valence-corrected chi connectivity index (χ2v) is 3.70. The van der Waals surface area contributed by atoms with Crippen LogP contribution in [0.4, 0.5) is 0 Å². The highest BCUT2D eigenvalue weighted by Crippen LogP contribution is 2.13. The smallest absolute Gasteiger partial charge is 0.305 e. The van der Waals surface area contributed by atoms with Gasteiger partial charge in [-0.05, 0) is 5.56 Å². The number of carbonyl (C=O) groups is 2. The fourth-order valence-corrected chi connectivity index (χ4v) is 1.43. The van der Waals surface area contributed by atoms with Gasteiger partial charge in [0.25, 0.3) is 0 Å². The van der Waals surface area contributed by atoms with Crippen molar-refractivity contribution in [3.63, 3.8) is 0 Å². The van der Waals surface area contributed by atoms with Gasteiger partial charge in [-0.3, -0.25) is 9.59 Å². The van der Waals surface area contributed by atoms with E-state index in [2.05, 4.69) is 5.32 Å². The van der Waals surface area contributed by atoms with Gasteiger partial charge in [-0.25, -0.2) is 0 Å². The molecule has 0 heterocycles. The van der Waals surface area contributed by atoms with E-state index in [4.69, 9.17) is 4.74 Å². The quantitative estimate of drug-likeness (QED) is 0.792. The molecule has 1 unspecified atom stereocenters. The molecule has 1 amide bonds. The highest BCUT2D eigenvalue weighted by atomic mass is 16.5. The van der Waals surface area contributed by atoms with E-state index < -0.39 is 0 Å². The zero-order chi connectivity index (χ0) is 12.7. The predicted octanol–water partition coefficient (Wildman–Crippen LogP) is 1.82. The van der Waals surface area contributed by atoms with Crippen molar-refractivity contribution in [2.75, 3.05) is 6.61 Å². The second-order valence-electron chi connectivity index (χ2n) is 3.70. The van der Waals surface area contributed by atoms with Crippen LogP contribution in [0.5, 0.6) is 0 Å². The summed E-state index contributed by atoms with van der Waals surface area (Å²) >= 11 is 0. The zero-order valence-electron chi connectivity index (χ0n) is 10.1. The van der Waals surface area contributed by atoms with E-state index in [1.54, 1.807) is 6.92 Å².